The standard InChI is InChI=1S/C11H11BrN2O2/c12-10-2-1-9(7-13-10)8-3-5-14(6-4-8)11(15)16/h1-3,7H,4-6H2,(H,15,16). The van der Waals surface area contributed by atoms with Crippen LogP contribution in [0.4, 0.5) is 4.79 Å². The Hall–Kier alpha value is -1.36. The highest BCUT2D eigenvalue weighted by Crippen LogP contribution is 2.22. The van der Waals surface area contributed by atoms with Crippen LogP contribution in [0.3, 0.4) is 0 Å². The number of rotatable bonds is 1. The molecule has 0 bridgehead atoms. The van der Waals surface area contributed by atoms with Gasteiger partial charge < -0.3 is 10.0 Å². The first kappa shape index (κ1) is 11.1. The highest BCUT2D eigenvalue weighted by Gasteiger charge is 2.16. The molecule has 1 N–H and O–H groups in total. The minimum absolute atomic E-state index is 0.459. The zero-order chi connectivity index (χ0) is 11.5. The maximum Gasteiger partial charge on any atom is 0.407 e. The molecule has 0 fully saturated rings. The topological polar surface area (TPSA) is 53.4 Å². The zero-order valence-electron chi connectivity index (χ0n) is 8.56. The average molecular weight is 283 g/mol. The van der Waals surface area contributed by atoms with Crippen molar-refractivity contribution in [3.8, 4) is 0 Å². The molecule has 0 saturated heterocycles. The van der Waals surface area contributed by atoms with Crippen LogP contribution in [-0.4, -0.2) is 34.2 Å². The maximum absolute atomic E-state index is 10.7. The SMILES string of the molecule is O=C(O)N1CC=C(c2ccc(Br)nc2)CC1. The number of carbonyl (C=O) groups is 1. The molecule has 5 heteroatoms. The van der Waals surface area contributed by atoms with Gasteiger partial charge in [-0.2, -0.15) is 0 Å². The van der Waals surface area contributed by atoms with E-state index in [1.165, 1.54) is 4.90 Å². The van der Waals surface area contributed by atoms with Gasteiger partial charge in [0.15, 0.2) is 0 Å². The second-order valence-electron chi connectivity index (χ2n) is 3.58. The fourth-order valence-corrected chi connectivity index (χ4v) is 1.91. The van der Waals surface area contributed by atoms with Gasteiger partial charge in [0.1, 0.15) is 4.60 Å². The van der Waals surface area contributed by atoms with Gasteiger partial charge in [-0.05, 0) is 39.6 Å². The Morgan fingerprint density at radius 1 is 1.50 bits per heavy atom. The largest absolute Gasteiger partial charge is 0.465 e. The molecule has 2 rings (SSSR count). The molecule has 4 nitrogen and oxygen atoms in total. The molecule has 2 heterocycles. The van der Waals surface area contributed by atoms with Crippen molar-refractivity contribution in [2.75, 3.05) is 13.1 Å². The van der Waals surface area contributed by atoms with Crippen molar-refractivity contribution < 1.29 is 9.90 Å². The van der Waals surface area contributed by atoms with Crippen LogP contribution in [0.25, 0.3) is 5.57 Å². The summed E-state index contributed by atoms with van der Waals surface area (Å²) in [7, 11) is 0. The normalized spacial score (nSPS) is 15.8. The zero-order valence-corrected chi connectivity index (χ0v) is 10.1. The third-order valence-corrected chi connectivity index (χ3v) is 3.05. The van der Waals surface area contributed by atoms with E-state index in [0.717, 1.165) is 22.2 Å². The number of pyridine rings is 1. The van der Waals surface area contributed by atoms with E-state index in [4.69, 9.17) is 5.11 Å². The van der Waals surface area contributed by atoms with Gasteiger partial charge in [-0.1, -0.05) is 12.1 Å². The molecular weight excluding hydrogens is 272 g/mol. The highest BCUT2D eigenvalue weighted by molar-refractivity contribution is 9.10. The van der Waals surface area contributed by atoms with Crippen molar-refractivity contribution in [3.05, 3.63) is 34.6 Å². The van der Waals surface area contributed by atoms with E-state index in [1.807, 2.05) is 18.2 Å². The molecule has 1 aliphatic rings. The van der Waals surface area contributed by atoms with Crippen LogP contribution in [-0.2, 0) is 0 Å². The summed E-state index contributed by atoms with van der Waals surface area (Å²) in [5.74, 6) is 0. The molecular formula is C11H11BrN2O2. The number of amides is 1. The second-order valence-corrected chi connectivity index (χ2v) is 4.39. The van der Waals surface area contributed by atoms with Crippen molar-refractivity contribution in [1.82, 2.24) is 9.88 Å². The highest BCUT2D eigenvalue weighted by atomic mass is 79.9. The van der Waals surface area contributed by atoms with Crippen LogP contribution in [0.15, 0.2) is 29.0 Å². The Morgan fingerprint density at radius 2 is 2.31 bits per heavy atom. The number of hydrogen-bond donors (Lipinski definition) is 1. The van der Waals surface area contributed by atoms with Gasteiger partial charge in [-0.3, -0.25) is 0 Å². The monoisotopic (exact) mass is 282 g/mol. The fraction of sp³-hybridized carbons (Fsp3) is 0.273. The van der Waals surface area contributed by atoms with E-state index in [9.17, 15) is 4.79 Å². The Kier molecular flexibility index (Phi) is 3.24. The summed E-state index contributed by atoms with van der Waals surface area (Å²) in [4.78, 5) is 16.3. The minimum Gasteiger partial charge on any atom is -0.465 e. The summed E-state index contributed by atoms with van der Waals surface area (Å²) >= 11 is 3.28. The van der Waals surface area contributed by atoms with Gasteiger partial charge in [-0.15, -0.1) is 0 Å². The van der Waals surface area contributed by atoms with E-state index >= 15 is 0 Å². The molecule has 1 aromatic heterocycles. The molecule has 0 spiro atoms. The van der Waals surface area contributed by atoms with Crippen LogP contribution >= 0.6 is 15.9 Å². The lowest BCUT2D eigenvalue weighted by Gasteiger charge is -2.23. The van der Waals surface area contributed by atoms with Crippen LogP contribution < -0.4 is 0 Å². The number of carboxylic acid groups (broad SMARTS) is 1. The van der Waals surface area contributed by atoms with E-state index in [-0.39, 0.29) is 0 Å². The van der Waals surface area contributed by atoms with Gasteiger partial charge in [0.2, 0.25) is 0 Å². The maximum atomic E-state index is 10.7. The van der Waals surface area contributed by atoms with Crippen molar-refractivity contribution >= 4 is 27.6 Å². The third kappa shape index (κ3) is 2.41. The molecule has 0 aromatic carbocycles. The van der Waals surface area contributed by atoms with Gasteiger partial charge in [-0.25, -0.2) is 9.78 Å². The number of nitrogens with zero attached hydrogens (tertiary/aromatic N) is 2. The summed E-state index contributed by atoms with van der Waals surface area (Å²) in [6.45, 7) is 1.01. The first-order chi connectivity index (χ1) is 7.66. The first-order valence-corrected chi connectivity index (χ1v) is 5.75. The number of aromatic nitrogens is 1. The lowest BCUT2D eigenvalue weighted by Crippen LogP contribution is -2.33. The Labute approximate surface area is 102 Å². The number of hydrogen-bond acceptors (Lipinski definition) is 2. The van der Waals surface area contributed by atoms with Crippen LogP contribution in [0, 0.1) is 0 Å². The smallest absolute Gasteiger partial charge is 0.407 e. The molecule has 0 saturated carbocycles. The summed E-state index contributed by atoms with van der Waals surface area (Å²) in [5.41, 5.74) is 2.23. The van der Waals surface area contributed by atoms with Gasteiger partial charge in [0, 0.05) is 19.3 Å². The van der Waals surface area contributed by atoms with Gasteiger partial charge >= 0.3 is 6.09 Å². The molecule has 1 amide bonds. The predicted molar refractivity (Wildman–Crippen MR) is 64.1 cm³/mol. The summed E-state index contributed by atoms with van der Waals surface area (Å²) < 4.78 is 0.805. The van der Waals surface area contributed by atoms with Crippen molar-refractivity contribution in [3.63, 3.8) is 0 Å². The van der Waals surface area contributed by atoms with Gasteiger partial charge in [0.25, 0.3) is 0 Å². The molecule has 0 radical (unpaired) electrons. The van der Waals surface area contributed by atoms with Crippen molar-refractivity contribution in [1.29, 1.82) is 0 Å². The lowest BCUT2D eigenvalue weighted by atomic mass is 10.0. The van der Waals surface area contributed by atoms with Crippen LogP contribution in [0.5, 0.6) is 0 Å². The number of halogens is 1. The Bertz CT molecular complexity index is 428. The molecule has 0 aliphatic carbocycles. The predicted octanol–water partition coefficient (Wildman–Crippen LogP) is 2.61. The van der Waals surface area contributed by atoms with Crippen LogP contribution in [0.2, 0.25) is 0 Å². The fourth-order valence-electron chi connectivity index (χ4n) is 1.67. The van der Waals surface area contributed by atoms with Crippen molar-refractivity contribution in [2.24, 2.45) is 0 Å². The molecule has 0 unspecified atom stereocenters. The Morgan fingerprint density at radius 3 is 2.81 bits per heavy atom. The van der Waals surface area contributed by atoms with Gasteiger partial charge in [0.05, 0.1) is 0 Å². The first-order valence-electron chi connectivity index (χ1n) is 4.95. The summed E-state index contributed by atoms with van der Waals surface area (Å²) in [6, 6.07) is 3.87. The summed E-state index contributed by atoms with van der Waals surface area (Å²) in [5, 5.41) is 8.81. The van der Waals surface area contributed by atoms with E-state index in [1.54, 1.807) is 6.20 Å². The van der Waals surface area contributed by atoms with E-state index in [0.29, 0.717) is 13.1 Å². The molecule has 1 aliphatic heterocycles. The molecule has 0 atom stereocenters. The molecule has 1 aromatic rings. The minimum atomic E-state index is -0.857. The lowest BCUT2D eigenvalue weighted by molar-refractivity contribution is 0.150. The average Bonchev–Trinajstić information content (AvgIpc) is 2.30. The Balaban J connectivity index is 2.13. The quantitative estimate of drug-likeness (QED) is 0.806. The second kappa shape index (κ2) is 4.65. The third-order valence-electron chi connectivity index (χ3n) is 2.58. The summed E-state index contributed by atoms with van der Waals surface area (Å²) in [6.07, 6.45) is 3.63. The van der Waals surface area contributed by atoms with Crippen molar-refractivity contribution in [2.45, 2.75) is 6.42 Å². The van der Waals surface area contributed by atoms with E-state index in [2.05, 4.69) is 20.9 Å². The molecule has 16 heavy (non-hydrogen) atoms. The van der Waals surface area contributed by atoms with E-state index < -0.39 is 6.09 Å². The van der Waals surface area contributed by atoms with Crippen LogP contribution in [0.1, 0.15) is 12.0 Å². The molecule has 84 valence electrons.